The van der Waals surface area contributed by atoms with Crippen molar-refractivity contribution < 1.29 is 139 Å². The number of alkyl halides is 17. The van der Waals surface area contributed by atoms with Gasteiger partial charge in [0.2, 0.25) is 0 Å². The van der Waals surface area contributed by atoms with Crippen LogP contribution in [-0.4, -0.2) is 59.5 Å². The maximum Gasteiger partial charge on any atom is 1.00 e. The fourth-order valence-corrected chi connectivity index (χ4v) is 1.64. The van der Waals surface area contributed by atoms with Gasteiger partial charge in [0.15, 0.2) is 10.1 Å². The number of ether oxygens (including phenoxy) is 1. The van der Waals surface area contributed by atoms with Gasteiger partial charge >= 0.3 is 97.9 Å². The minimum atomic E-state index is -8.52. The average molecular weight is 571 g/mol. The first-order chi connectivity index (χ1) is 12.5. The molecule has 0 spiro atoms. The van der Waals surface area contributed by atoms with Gasteiger partial charge in [0, 0.05) is 0 Å². The molecule has 0 N–H and O–H groups in total. The molecule has 0 rings (SSSR count). The zero-order valence-electron chi connectivity index (χ0n) is 13.5. The fourth-order valence-electron chi connectivity index (χ4n) is 1.19. The first-order valence-corrected chi connectivity index (χ1v) is 7.61. The van der Waals surface area contributed by atoms with Gasteiger partial charge in [0.25, 0.3) is 0 Å². The van der Waals surface area contributed by atoms with Crippen LogP contribution in [0, 0.1) is 0 Å². The second-order valence-electron chi connectivity index (χ2n) is 4.90. The van der Waals surface area contributed by atoms with Gasteiger partial charge in [-0.05, 0) is 11.6 Å². The molecule has 0 heterocycles. The normalized spacial score (nSPS) is 16.2. The van der Waals surface area contributed by atoms with Crippen molar-refractivity contribution in [3.05, 3.63) is 0 Å². The van der Waals surface area contributed by atoms with Gasteiger partial charge in [-0.1, -0.05) is 0 Å². The van der Waals surface area contributed by atoms with Gasteiger partial charge in [-0.3, -0.25) is 0 Å². The predicted molar refractivity (Wildman–Crippen MR) is 56.2 cm³/mol. The Balaban J connectivity index is 0. The first-order valence-electron chi connectivity index (χ1n) is 5.83. The van der Waals surface area contributed by atoms with Crippen LogP contribution in [0.5, 0.6) is 0 Å². The molecule has 0 radical (unpaired) electrons. The topological polar surface area (TPSA) is 66.4 Å². The van der Waals surface area contributed by atoms with E-state index in [2.05, 4.69) is 11.6 Å². The van der Waals surface area contributed by atoms with E-state index in [1.807, 2.05) is 0 Å². The Morgan fingerprint density at radius 1 is 0.581 bits per heavy atom. The molecule has 0 unspecified atom stereocenters. The average Bonchev–Trinajstić information content (AvgIpc) is 2.42. The van der Waals surface area contributed by atoms with E-state index >= 15 is 0 Å². The molecule has 0 aliphatic rings. The Hall–Kier alpha value is 0.676. The van der Waals surface area contributed by atoms with Crippen molar-refractivity contribution in [2.45, 2.75) is 46.5 Å². The number of hydrogen-bond donors (Lipinski definition) is 0. The van der Waals surface area contributed by atoms with Crippen molar-refractivity contribution in [2.75, 3.05) is 0 Å². The van der Waals surface area contributed by atoms with Crippen LogP contribution in [0.3, 0.4) is 0 Å². The molecule has 0 bridgehead atoms. The van der Waals surface area contributed by atoms with Crippen molar-refractivity contribution in [1.29, 1.82) is 0 Å². The predicted octanol–water partition coefficient (Wildman–Crippen LogP) is 1.70. The molecule has 0 saturated carbocycles. The van der Waals surface area contributed by atoms with Crippen LogP contribution in [0.1, 0.15) is 0 Å². The summed E-state index contributed by atoms with van der Waals surface area (Å²) in [4.78, 5) is 0. The Kier molecular flexibility index (Phi) is 9.52. The monoisotopic (exact) mass is 570 g/mol. The van der Waals surface area contributed by atoms with Crippen molar-refractivity contribution in [2.24, 2.45) is 0 Å². The third-order valence-corrected chi connectivity index (χ3v) is 3.92. The molecule has 0 fully saturated rings. The minimum Gasteiger partial charge on any atom is -0.743 e. The third kappa shape index (κ3) is 5.20. The molecular weight excluding hydrogens is 571 g/mol. The largest absolute Gasteiger partial charge is 1.00 e. The summed E-state index contributed by atoms with van der Waals surface area (Å²) in [5, 5.41) is -14.3. The number of halogens is 17. The zero-order valence-corrected chi connectivity index (χ0v) is 18.2. The van der Waals surface area contributed by atoms with Crippen molar-refractivity contribution in [3.63, 3.8) is 0 Å². The molecule has 23 heteroatoms. The van der Waals surface area contributed by atoms with E-state index in [1.54, 1.807) is 0 Å². The maximum atomic E-state index is 13.1. The van der Waals surface area contributed by atoms with E-state index in [9.17, 15) is 83.2 Å². The van der Waals surface area contributed by atoms with Crippen molar-refractivity contribution in [3.8, 4) is 0 Å². The molecule has 0 saturated heterocycles. The smallest absolute Gasteiger partial charge is 0.743 e. The zero-order chi connectivity index (χ0) is 25.2. The third-order valence-electron chi connectivity index (χ3n) is 2.81. The molecule has 0 amide bonds. The van der Waals surface area contributed by atoms with Gasteiger partial charge in [-0.2, -0.15) is 70.2 Å². The van der Waals surface area contributed by atoms with E-state index in [0.717, 1.165) is 4.74 Å². The first kappa shape index (κ1) is 33.8. The van der Waals surface area contributed by atoms with Gasteiger partial charge in [0.1, 0.15) is 0 Å². The van der Waals surface area contributed by atoms with Crippen LogP contribution >= 0.6 is 11.6 Å². The second kappa shape index (κ2) is 8.72. The number of hydrogen-bond acceptors (Lipinski definition) is 4. The molecular formula is C8ClF16KO4S. The SMILES string of the molecule is O=S(=O)([O-])C(F)(F)C(F)(F)OC(F)(F)C(F)(F)C(F)(F)C(F)(F)C(F)(F)C(F)(F)Cl.[K+]. The number of rotatable bonds is 9. The second-order valence-corrected chi connectivity index (χ2v) is 6.80. The summed E-state index contributed by atoms with van der Waals surface area (Å²) in [6.07, 6.45) is -15.8. The molecule has 0 aliphatic carbocycles. The Labute approximate surface area is 206 Å². The van der Waals surface area contributed by atoms with Crippen molar-refractivity contribution in [1.82, 2.24) is 0 Å². The van der Waals surface area contributed by atoms with Crippen LogP contribution in [0.25, 0.3) is 0 Å². The van der Waals surface area contributed by atoms with E-state index < -0.39 is 56.7 Å². The molecule has 0 aliphatic heterocycles. The van der Waals surface area contributed by atoms with Gasteiger partial charge in [-0.25, -0.2) is 13.2 Å². The fraction of sp³-hybridized carbons (Fsp3) is 1.00. The van der Waals surface area contributed by atoms with Gasteiger partial charge < -0.3 is 4.55 Å². The van der Waals surface area contributed by atoms with E-state index in [4.69, 9.17) is 0 Å². The minimum absolute atomic E-state index is 0. The Bertz CT molecular complexity index is 762. The standard InChI is InChI=1S/C8HClF16O4S.K/c9-5(18,19)3(14,15)1(10,11)2(12,13)4(16,17)6(20,21)29-7(22,23)8(24,25)30(26,27)28;/h(H,26,27,28);/q;+1/p-1. The Morgan fingerprint density at radius 2 is 0.871 bits per heavy atom. The maximum absolute atomic E-state index is 13.1. The summed E-state index contributed by atoms with van der Waals surface area (Å²) >= 11 is 3.32. The van der Waals surface area contributed by atoms with E-state index in [0.29, 0.717) is 0 Å². The molecule has 0 atom stereocenters. The summed E-state index contributed by atoms with van der Waals surface area (Å²) in [5.74, 6) is -33.1. The molecule has 0 aromatic carbocycles. The van der Waals surface area contributed by atoms with Gasteiger partial charge in [-0.15, -0.1) is 0 Å². The summed E-state index contributed by atoms with van der Waals surface area (Å²) < 4.78 is 235. The van der Waals surface area contributed by atoms with E-state index in [-0.39, 0.29) is 51.4 Å². The quantitative estimate of drug-likeness (QED) is 0.183. The molecule has 182 valence electrons. The van der Waals surface area contributed by atoms with Gasteiger partial charge in [0.05, 0.1) is 0 Å². The van der Waals surface area contributed by atoms with Crippen LogP contribution in [0.15, 0.2) is 0 Å². The van der Waals surface area contributed by atoms with E-state index in [1.165, 1.54) is 0 Å². The molecule has 4 nitrogen and oxygen atoms in total. The Morgan fingerprint density at radius 3 is 1.13 bits per heavy atom. The summed E-state index contributed by atoms with van der Waals surface area (Å²) in [6.45, 7) is 0. The summed E-state index contributed by atoms with van der Waals surface area (Å²) in [7, 11) is -7.79. The molecule has 0 aromatic rings. The van der Waals surface area contributed by atoms with Crippen molar-refractivity contribution >= 4 is 21.7 Å². The summed E-state index contributed by atoms with van der Waals surface area (Å²) in [6, 6.07) is 0. The molecule has 31 heavy (non-hydrogen) atoms. The molecule has 0 aromatic heterocycles. The van der Waals surface area contributed by atoms with Crippen LogP contribution in [0.2, 0.25) is 0 Å². The van der Waals surface area contributed by atoms with Crippen LogP contribution < -0.4 is 51.4 Å². The summed E-state index contributed by atoms with van der Waals surface area (Å²) in [5.41, 5.74) is 0. The van der Waals surface area contributed by atoms with Crippen LogP contribution in [-0.2, 0) is 14.9 Å². The van der Waals surface area contributed by atoms with Crippen LogP contribution in [0.4, 0.5) is 70.2 Å².